The van der Waals surface area contributed by atoms with Gasteiger partial charge in [-0.25, -0.2) is 8.42 Å². The van der Waals surface area contributed by atoms with Gasteiger partial charge < -0.3 is 9.73 Å². The average Bonchev–Trinajstić information content (AvgIpc) is 2.65. The molecule has 112 valence electrons. The maximum absolute atomic E-state index is 12.6. The second kappa shape index (κ2) is 6.93. The van der Waals surface area contributed by atoms with Gasteiger partial charge in [0.15, 0.2) is 0 Å². The van der Waals surface area contributed by atoms with Crippen molar-refractivity contribution in [3.8, 4) is 12.3 Å². The molecule has 0 radical (unpaired) electrons. The lowest BCUT2D eigenvalue weighted by atomic mass is 10.2. The number of hydrogen-bond donors (Lipinski definition) is 1. The van der Waals surface area contributed by atoms with Crippen LogP contribution in [0.15, 0.2) is 9.31 Å². The summed E-state index contributed by atoms with van der Waals surface area (Å²) in [5.74, 6) is 3.37. The quantitative estimate of drug-likeness (QED) is 0.614. The van der Waals surface area contributed by atoms with Gasteiger partial charge in [0.25, 0.3) is 0 Å². The summed E-state index contributed by atoms with van der Waals surface area (Å²) in [6, 6.07) is 0. The van der Waals surface area contributed by atoms with Crippen molar-refractivity contribution in [3.05, 3.63) is 17.1 Å². The number of nitrogens with zero attached hydrogens (tertiary/aromatic N) is 1. The van der Waals surface area contributed by atoms with E-state index < -0.39 is 10.0 Å². The number of nitrogens with one attached hydrogen (secondary N) is 1. The van der Waals surface area contributed by atoms with E-state index in [2.05, 4.69) is 18.2 Å². The maximum Gasteiger partial charge on any atom is 0.247 e. The Hall–Kier alpha value is -1.29. The van der Waals surface area contributed by atoms with E-state index in [1.807, 2.05) is 0 Å². The normalized spacial score (nSPS) is 11.8. The molecule has 1 aromatic rings. The van der Waals surface area contributed by atoms with Crippen LogP contribution in [0.25, 0.3) is 0 Å². The molecule has 0 saturated heterocycles. The van der Waals surface area contributed by atoms with Crippen molar-refractivity contribution in [1.82, 2.24) is 9.62 Å². The number of rotatable bonds is 7. The third-order valence-corrected chi connectivity index (χ3v) is 5.04. The van der Waals surface area contributed by atoms with Gasteiger partial charge in [-0.2, -0.15) is 4.31 Å². The molecule has 0 fully saturated rings. The summed E-state index contributed by atoms with van der Waals surface area (Å²) >= 11 is 0. The largest absolute Gasteiger partial charge is 0.465 e. The Labute approximate surface area is 121 Å². The van der Waals surface area contributed by atoms with Crippen LogP contribution >= 0.6 is 0 Å². The molecule has 0 spiro atoms. The molecule has 6 heteroatoms. The van der Waals surface area contributed by atoms with Crippen LogP contribution in [0.4, 0.5) is 0 Å². The van der Waals surface area contributed by atoms with Crippen LogP contribution in [0.1, 0.15) is 30.4 Å². The molecule has 0 aliphatic heterocycles. The summed E-state index contributed by atoms with van der Waals surface area (Å²) in [5.41, 5.74) is 0.680. The van der Waals surface area contributed by atoms with Gasteiger partial charge in [-0.15, -0.1) is 6.42 Å². The first-order valence-corrected chi connectivity index (χ1v) is 7.99. The Morgan fingerprint density at radius 2 is 2.00 bits per heavy atom. The average molecular weight is 298 g/mol. The number of terminal acetylenes is 1. The van der Waals surface area contributed by atoms with Crippen molar-refractivity contribution in [1.29, 1.82) is 0 Å². The molecule has 1 aromatic heterocycles. The van der Waals surface area contributed by atoms with Crippen LogP contribution in [0.5, 0.6) is 0 Å². The summed E-state index contributed by atoms with van der Waals surface area (Å²) in [4.78, 5) is 0.233. The molecule has 5 nitrogen and oxygen atoms in total. The molecule has 0 amide bonds. The van der Waals surface area contributed by atoms with E-state index in [9.17, 15) is 8.42 Å². The SMILES string of the molecule is C#CCN(C)S(=O)(=O)c1c(C)oc(C)c1CNCCC. The molecule has 0 atom stereocenters. The molecule has 20 heavy (non-hydrogen) atoms. The van der Waals surface area contributed by atoms with Gasteiger partial charge in [0.05, 0.1) is 6.54 Å². The van der Waals surface area contributed by atoms with Gasteiger partial charge in [0.1, 0.15) is 16.4 Å². The summed E-state index contributed by atoms with van der Waals surface area (Å²) in [6.07, 6.45) is 6.17. The van der Waals surface area contributed by atoms with Gasteiger partial charge in [0.2, 0.25) is 10.0 Å². The first-order valence-electron chi connectivity index (χ1n) is 6.55. The van der Waals surface area contributed by atoms with Crippen molar-refractivity contribution in [2.24, 2.45) is 0 Å². The minimum absolute atomic E-state index is 0.0355. The topological polar surface area (TPSA) is 62.6 Å². The van der Waals surface area contributed by atoms with E-state index in [-0.39, 0.29) is 11.4 Å². The summed E-state index contributed by atoms with van der Waals surface area (Å²) < 4.78 is 31.8. The van der Waals surface area contributed by atoms with Crippen molar-refractivity contribution >= 4 is 10.0 Å². The van der Waals surface area contributed by atoms with E-state index in [0.29, 0.717) is 23.6 Å². The predicted molar refractivity (Wildman–Crippen MR) is 78.8 cm³/mol. The van der Waals surface area contributed by atoms with Crippen LogP contribution in [0.2, 0.25) is 0 Å². The summed E-state index contributed by atoms with van der Waals surface area (Å²) in [6.45, 7) is 6.81. The highest BCUT2D eigenvalue weighted by molar-refractivity contribution is 7.89. The summed E-state index contributed by atoms with van der Waals surface area (Å²) in [7, 11) is -2.15. The number of sulfonamides is 1. The van der Waals surface area contributed by atoms with Gasteiger partial charge in [-0.3, -0.25) is 0 Å². The molecule has 0 aliphatic rings. The third kappa shape index (κ3) is 3.42. The third-order valence-electron chi connectivity index (χ3n) is 3.04. The fraction of sp³-hybridized carbons (Fsp3) is 0.571. The van der Waals surface area contributed by atoms with Crippen LogP contribution in [-0.4, -0.2) is 32.9 Å². The lowest BCUT2D eigenvalue weighted by Crippen LogP contribution is -2.29. The standard InChI is InChI=1S/C14H22N2O3S/c1-6-8-15-10-13-11(3)19-12(4)14(13)20(17,18)16(5)9-7-2/h2,15H,6,8-10H2,1,3-5H3. The Balaban J connectivity index is 3.20. The molecule has 0 aromatic carbocycles. The lowest BCUT2D eigenvalue weighted by molar-refractivity contribution is 0.482. The summed E-state index contributed by atoms with van der Waals surface area (Å²) in [5, 5.41) is 3.21. The fourth-order valence-corrected chi connectivity index (χ4v) is 3.50. The van der Waals surface area contributed by atoms with Crippen LogP contribution < -0.4 is 5.32 Å². The Morgan fingerprint density at radius 1 is 1.35 bits per heavy atom. The Bertz CT molecular complexity index is 597. The van der Waals surface area contributed by atoms with Gasteiger partial charge >= 0.3 is 0 Å². The number of hydrogen-bond acceptors (Lipinski definition) is 4. The molecule has 0 unspecified atom stereocenters. The van der Waals surface area contributed by atoms with E-state index in [1.165, 1.54) is 7.05 Å². The first kappa shape index (κ1) is 16.8. The molecule has 1 rings (SSSR count). The van der Waals surface area contributed by atoms with Crippen LogP contribution in [0.3, 0.4) is 0 Å². The van der Waals surface area contributed by atoms with E-state index >= 15 is 0 Å². The highest BCUT2D eigenvalue weighted by Crippen LogP contribution is 2.28. The zero-order valence-corrected chi connectivity index (χ0v) is 13.3. The number of furan rings is 1. The van der Waals surface area contributed by atoms with Crippen molar-refractivity contribution in [2.45, 2.75) is 38.6 Å². The monoisotopic (exact) mass is 298 g/mol. The highest BCUT2D eigenvalue weighted by atomic mass is 32.2. The lowest BCUT2D eigenvalue weighted by Gasteiger charge is -2.15. The zero-order chi connectivity index (χ0) is 15.3. The molecule has 0 aliphatic carbocycles. The van der Waals surface area contributed by atoms with Crippen molar-refractivity contribution in [2.75, 3.05) is 20.1 Å². The molecule has 0 saturated carbocycles. The minimum Gasteiger partial charge on any atom is -0.465 e. The minimum atomic E-state index is -3.62. The maximum atomic E-state index is 12.6. The van der Waals surface area contributed by atoms with Gasteiger partial charge in [-0.05, 0) is 26.8 Å². The molecule has 1 N–H and O–H groups in total. The highest BCUT2D eigenvalue weighted by Gasteiger charge is 2.29. The second-order valence-corrected chi connectivity index (χ2v) is 6.65. The zero-order valence-electron chi connectivity index (χ0n) is 12.5. The van der Waals surface area contributed by atoms with Crippen LogP contribution in [-0.2, 0) is 16.6 Å². The van der Waals surface area contributed by atoms with Gasteiger partial charge in [0, 0.05) is 19.2 Å². The Morgan fingerprint density at radius 3 is 2.55 bits per heavy atom. The first-order chi connectivity index (χ1) is 9.36. The molecule has 0 bridgehead atoms. The Kier molecular flexibility index (Phi) is 5.81. The fourth-order valence-electron chi connectivity index (χ4n) is 2.01. The van der Waals surface area contributed by atoms with Gasteiger partial charge in [-0.1, -0.05) is 12.8 Å². The molecular formula is C14H22N2O3S. The number of aryl methyl sites for hydroxylation is 2. The second-order valence-electron chi connectivity index (χ2n) is 4.66. The smallest absolute Gasteiger partial charge is 0.247 e. The van der Waals surface area contributed by atoms with E-state index in [1.54, 1.807) is 13.8 Å². The van der Waals surface area contributed by atoms with Crippen molar-refractivity contribution < 1.29 is 12.8 Å². The molecule has 1 heterocycles. The van der Waals surface area contributed by atoms with Crippen molar-refractivity contribution in [3.63, 3.8) is 0 Å². The van der Waals surface area contributed by atoms with E-state index in [4.69, 9.17) is 10.8 Å². The molecular weight excluding hydrogens is 276 g/mol. The van der Waals surface area contributed by atoms with Crippen LogP contribution in [0, 0.1) is 26.2 Å². The predicted octanol–water partition coefficient (Wildman–Crippen LogP) is 1.65. The van der Waals surface area contributed by atoms with E-state index in [0.717, 1.165) is 17.3 Å².